The molecular formula is C14H29N3O3. The first-order chi connectivity index (χ1) is 9.16. The smallest absolute Gasteiger partial charge is 0.326 e. The van der Waals surface area contributed by atoms with Gasteiger partial charge in [0.1, 0.15) is 6.04 Å². The van der Waals surface area contributed by atoms with E-state index in [-0.39, 0.29) is 5.92 Å². The average Bonchev–Trinajstić information content (AvgIpc) is 2.29. The van der Waals surface area contributed by atoms with Crippen LogP contribution < -0.4 is 10.6 Å². The fourth-order valence-electron chi connectivity index (χ4n) is 2.12. The lowest BCUT2D eigenvalue weighted by Gasteiger charge is -2.30. The highest BCUT2D eigenvalue weighted by molar-refractivity contribution is 5.82. The summed E-state index contributed by atoms with van der Waals surface area (Å²) in [4.78, 5) is 24.9. The molecule has 0 aromatic carbocycles. The van der Waals surface area contributed by atoms with Crippen molar-refractivity contribution in [3.63, 3.8) is 0 Å². The predicted molar refractivity (Wildman–Crippen MR) is 79.8 cm³/mol. The Labute approximate surface area is 121 Å². The Balaban J connectivity index is 4.19. The van der Waals surface area contributed by atoms with Crippen LogP contribution in [0.4, 0.5) is 4.79 Å². The van der Waals surface area contributed by atoms with Crippen LogP contribution in [-0.2, 0) is 4.79 Å². The van der Waals surface area contributed by atoms with Crippen LogP contribution in [0.15, 0.2) is 0 Å². The first-order valence-electron chi connectivity index (χ1n) is 7.19. The molecule has 0 bridgehead atoms. The summed E-state index contributed by atoms with van der Waals surface area (Å²) in [6.07, 6.45) is 0. The molecule has 0 aromatic heterocycles. The third-order valence-corrected chi connectivity index (χ3v) is 3.20. The fraction of sp³-hybridized carbons (Fsp3) is 0.857. The van der Waals surface area contributed by atoms with E-state index in [1.165, 1.54) is 0 Å². The Morgan fingerprint density at radius 3 is 1.90 bits per heavy atom. The molecule has 6 nitrogen and oxygen atoms in total. The number of amides is 2. The van der Waals surface area contributed by atoms with Gasteiger partial charge in [-0.3, -0.25) is 4.90 Å². The quantitative estimate of drug-likeness (QED) is 0.632. The summed E-state index contributed by atoms with van der Waals surface area (Å²) in [6.45, 7) is 13.2. The van der Waals surface area contributed by atoms with Gasteiger partial charge in [0, 0.05) is 25.2 Å². The van der Waals surface area contributed by atoms with Crippen LogP contribution >= 0.6 is 0 Å². The lowest BCUT2D eigenvalue weighted by atomic mass is 10.1. The van der Waals surface area contributed by atoms with E-state index in [0.29, 0.717) is 18.6 Å². The molecule has 2 amide bonds. The van der Waals surface area contributed by atoms with Crippen molar-refractivity contribution in [2.75, 3.05) is 13.1 Å². The number of carboxylic acids is 1. The van der Waals surface area contributed by atoms with Crippen molar-refractivity contribution in [3.8, 4) is 0 Å². The minimum Gasteiger partial charge on any atom is -0.480 e. The summed E-state index contributed by atoms with van der Waals surface area (Å²) in [5, 5.41) is 14.2. The molecule has 0 saturated heterocycles. The second-order valence-electron chi connectivity index (χ2n) is 5.89. The second-order valence-corrected chi connectivity index (χ2v) is 5.89. The van der Waals surface area contributed by atoms with E-state index in [0.717, 1.165) is 6.54 Å². The van der Waals surface area contributed by atoms with Gasteiger partial charge < -0.3 is 15.7 Å². The van der Waals surface area contributed by atoms with Crippen LogP contribution in [-0.4, -0.2) is 53.2 Å². The lowest BCUT2D eigenvalue weighted by Crippen LogP contribution is -2.50. The fourth-order valence-corrected chi connectivity index (χ4v) is 2.12. The summed E-state index contributed by atoms with van der Waals surface area (Å²) in [5.74, 6) is -1.16. The summed E-state index contributed by atoms with van der Waals surface area (Å²) < 4.78 is 0. The summed E-state index contributed by atoms with van der Waals surface area (Å²) in [7, 11) is 0. The van der Waals surface area contributed by atoms with Gasteiger partial charge in [-0.15, -0.1) is 0 Å². The summed E-state index contributed by atoms with van der Waals surface area (Å²) >= 11 is 0. The van der Waals surface area contributed by atoms with Crippen LogP contribution in [0.25, 0.3) is 0 Å². The Hall–Kier alpha value is -1.30. The van der Waals surface area contributed by atoms with Crippen LogP contribution in [0.1, 0.15) is 41.5 Å². The molecule has 0 heterocycles. The maximum absolute atomic E-state index is 11.7. The number of carboxylic acid groups (broad SMARTS) is 1. The normalized spacial score (nSPS) is 13.1. The Kier molecular flexibility index (Phi) is 8.22. The zero-order chi connectivity index (χ0) is 15.9. The molecule has 0 fully saturated rings. The number of rotatable bonds is 8. The van der Waals surface area contributed by atoms with Crippen LogP contribution in [0, 0.1) is 5.92 Å². The SMILES string of the molecule is CC(C)[C@H](NC(=O)NCCN(C(C)C)C(C)C)C(=O)O. The van der Waals surface area contributed by atoms with Gasteiger partial charge in [0.25, 0.3) is 0 Å². The number of carbonyl (C=O) groups excluding carboxylic acids is 1. The van der Waals surface area contributed by atoms with E-state index in [1.54, 1.807) is 13.8 Å². The van der Waals surface area contributed by atoms with E-state index < -0.39 is 18.0 Å². The minimum atomic E-state index is -1.01. The summed E-state index contributed by atoms with van der Waals surface area (Å²) in [6, 6.07) is -0.482. The highest BCUT2D eigenvalue weighted by Gasteiger charge is 2.23. The van der Waals surface area contributed by atoms with Crippen LogP contribution in [0.3, 0.4) is 0 Å². The maximum atomic E-state index is 11.7. The maximum Gasteiger partial charge on any atom is 0.326 e. The number of hydrogen-bond donors (Lipinski definition) is 3. The highest BCUT2D eigenvalue weighted by Crippen LogP contribution is 2.03. The van der Waals surface area contributed by atoms with Gasteiger partial charge in [-0.1, -0.05) is 13.8 Å². The molecule has 0 aliphatic heterocycles. The van der Waals surface area contributed by atoms with Crippen molar-refractivity contribution in [3.05, 3.63) is 0 Å². The predicted octanol–water partition coefficient (Wildman–Crippen LogP) is 1.51. The molecule has 6 heteroatoms. The van der Waals surface area contributed by atoms with Gasteiger partial charge in [0.05, 0.1) is 0 Å². The van der Waals surface area contributed by atoms with Gasteiger partial charge in [0.15, 0.2) is 0 Å². The molecule has 0 aliphatic carbocycles. The number of nitrogens with one attached hydrogen (secondary N) is 2. The first kappa shape index (κ1) is 18.7. The molecule has 0 radical (unpaired) electrons. The Morgan fingerprint density at radius 1 is 1.05 bits per heavy atom. The number of hydrogen-bond acceptors (Lipinski definition) is 3. The minimum absolute atomic E-state index is 0.152. The number of urea groups is 1. The molecule has 3 N–H and O–H groups in total. The molecule has 0 saturated carbocycles. The Bertz CT molecular complexity index is 309. The highest BCUT2D eigenvalue weighted by atomic mass is 16.4. The van der Waals surface area contributed by atoms with Crippen molar-refractivity contribution < 1.29 is 14.7 Å². The molecule has 20 heavy (non-hydrogen) atoms. The molecule has 0 unspecified atom stereocenters. The largest absolute Gasteiger partial charge is 0.480 e. The molecule has 0 spiro atoms. The van der Waals surface area contributed by atoms with E-state index in [9.17, 15) is 9.59 Å². The van der Waals surface area contributed by atoms with Crippen LogP contribution in [0.5, 0.6) is 0 Å². The van der Waals surface area contributed by atoms with E-state index >= 15 is 0 Å². The molecule has 0 rings (SSSR count). The first-order valence-corrected chi connectivity index (χ1v) is 7.19. The van der Waals surface area contributed by atoms with Crippen molar-refractivity contribution in [1.82, 2.24) is 15.5 Å². The van der Waals surface area contributed by atoms with Gasteiger partial charge in [-0.25, -0.2) is 9.59 Å². The zero-order valence-corrected chi connectivity index (χ0v) is 13.4. The molecule has 118 valence electrons. The third kappa shape index (κ3) is 6.75. The number of aliphatic carboxylic acids is 1. The van der Waals surface area contributed by atoms with Crippen LogP contribution in [0.2, 0.25) is 0 Å². The number of nitrogens with zero attached hydrogens (tertiary/aromatic N) is 1. The van der Waals surface area contributed by atoms with E-state index in [4.69, 9.17) is 5.11 Å². The van der Waals surface area contributed by atoms with Gasteiger partial charge in [-0.2, -0.15) is 0 Å². The monoisotopic (exact) mass is 287 g/mol. The third-order valence-electron chi connectivity index (χ3n) is 3.20. The second kappa shape index (κ2) is 8.79. The van der Waals surface area contributed by atoms with Crippen molar-refractivity contribution in [2.24, 2.45) is 5.92 Å². The molecule has 1 atom stereocenters. The Morgan fingerprint density at radius 2 is 1.55 bits per heavy atom. The standard InChI is InChI=1S/C14H29N3O3/c1-9(2)12(13(18)19)16-14(20)15-7-8-17(10(3)4)11(5)6/h9-12H,7-8H2,1-6H3,(H,18,19)(H2,15,16,20)/t12-/m0/s1. The number of carbonyl (C=O) groups is 2. The summed E-state index contributed by atoms with van der Waals surface area (Å²) in [5.41, 5.74) is 0. The molecular weight excluding hydrogens is 258 g/mol. The lowest BCUT2D eigenvalue weighted by molar-refractivity contribution is -0.140. The van der Waals surface area contributed by atoms with Gasteiger partial charge in [-0.05, 0) is 33.6 Å². The van der Waals surface area contributed by atoms with E-state index in [1.807, 2.05) is 0 Å². The van der Waals surface area contributed by atoms with E-state index in [2.05, 4.69) is 43.2 Å². The molecule has 0 aromatic rings. The zero-order valence-electron chi connectivity index (χ0n) is 13.4. The van der Waals surface area contributed by atoms with Crippen molar-refractivity contribution >= 4 is 12.0 Å². The van der Waals surface area contributed by atoms with Crippen molar-refractivity contribution in [2.45, 2.75) is 59.7 Å². The van der Waals surface area contributed by atoms with Gasteiger partial charge >= 0.3 is 12.0 Å². The molecule has 0 aliphatic rings. The average molecular weight is 287 g/mol. The van der Waals surface area contributed by atoms with Crippen molar-refractivity contribution in [1.29, 1.82) is 0 Å². The topological polar surface area (TPSA) is 81.7 Å². The van der Waals surface area contributed by atoms with Gasteiger partial charge in [0.2, 0.25) is 0 Å².